The van der Waals surface area contributed by atoms with Crippen LogP contribution in [0.3, 0.4) is 0 Å². The van der Waals surface area contributed by atoms with Crippen LogP contribution in [-0.2, 0) is 0 Å². The van der Waals surface area contributed by atoms with Crippen molar-refractivity contribution in [2.75, 3.05) is 0 Å². The molecule has 17 heavy (non-hydrogen) atoms. The summed E-state index contributed by atoms with van der Waals surface area (Å²) in [6, 6.07) is 9.43. The zero-order valence-corrected chi connectivity index (χ0v) is 11.3. The molecule has 0 amide bonds. The van der Waals surface area contributed by atoms with Gasteiger partial charge in [-0.3, -0.25) is 0 Å². The van der Waals surface area contributed by atoms with Gasteiger partial charge in [-0.15, -0.1) is 12.4 Å². The molecule has 2 N–H and O–H groups in total. The third kappa shape index (κ3) is 5.58. The van der Waals surface area contributed by atoms with E-state index in [2.05, 4.69) is 6.07 Å². The van der Waals surface area contributed by atoms with Crippen LogP contribution in [0.1, 0.15) is 38.8 Å². The fourth-order valence-electron chi connectivity index (χ4n) is 1.35. The van der Waals surface area contributed by atoms with E-state index in [0.29, 0.717) is 6.42 Å². The Morgan fingerprint density at radius 3 is 2.24 bits per heavy atom. The van der Waals surface area contributed by atoms with E-state index in [0.717, 1.165) is 11.3 Å². The minimum absolute atomic E-state index is 0. The molecule has 0 saturated carbocycles. The van der Waals surface area contributed by atoms with Crippen molar-refractivity contribution in [2.45, 2.75) is 38.8 Å². The normalized spacial score (nSPS) is 12.2. The quantitative estimate of drug-likeness (QED) is 0.901. The fourth-order valence-corrected chi connectivity index (χ4v) is 1.35. The first-order chi connectivity index (χ1) is 7.42. The van der Waals surface area contributed by atoms with Crippen LogP contribution in [0.2, 0.25) is 0 Å². The first-order valence-electron chi connectivity index (χ1n) is 5.34. The highest BCUT2D eigenvalue weighted by atomic mass is 35.5. The molecule has 0 fully saturated rings. The average Bonchev–Trinajstić information content (AvgIpc) is 2.16. The third-order valence-electron chi connectivity index (χ3n) is 2.04. The number of nitriles is 1. The van der Waals surface area contributed by atoms with Crippen molar-refractivity contribution in [3.05, 3.63) is 29.8 Å². The maximum absolute atomic E-state index is 8.55. The van der Waals surface area contributed by atoms with Crippen molar-refractivity contribution in [2.24, 2.45) is 5.73 Å². The molecule has 0 aliphatic heterocycles. The van der Waals surface area contributed by atoms with E-state index in [4.69, 9.17) is 15.7 Å². The number of rotatable bonds is 3. The summed E-state index contributed by atoms with van der Waals surface area (Å²) in [6.07, 6.45) is 0.333. The first-order valence-corrected chi connectivity index (χ1v) is 5.34. The van der Waals surface area contributed by atoms with Crippen LogP contribution in [0.15, 0.2) is 24.3 Å². The highest BCUT2D eigenvalue weighted by molar-refractivity contribution is 5.85. The van der Waals surface area contributed by atoms with Gasteiger partial charge in [-0.25, -0.2) is 0 Å². The minimum atomic E-state index is -0.214. The standard InChI is InChI=1S/C13H18N2O.ClH/c1-13(2,3)16-11-6-4-10(5-7-11)12(15)8-9-14;/h4-7,12H,8,15H2,1-3H3;1H/t12-;/m0./s1. The SMILES string of the molecule is CC(C)(C)Oc1ccc([C@@H](N)CC#N)cc1.Cl. The van der Waals surface area contributed by atoms with Gasteiger partial charge < -0.3 is 10.5 Å². The molecule has 0 aromatic heterocycles. The molecule has 3 nitrogen and oxygen atoms in total. The predicted molar refractivity (Wildman–Crippen MR) is 71.2 cm³/mol. The third-order valence-corrected chi connectivity index (χ3v) is 2.04. The summed E-state index contributed by atoms with van der Waals surface area (Å²) in [7, 11) is 0. The lowest BCUT2D eigenvalue weighted by molar-refractivity contribution is 0.131. The smallest absolute Gasteiger partial charge is 0.120 e. The van der Waals surface area contributed by atoms with E-state index in [-0.39, 0.29) is 24.0 Å². The molecule has 0 bridgehead atoms. The van der Waals surface area contributed by atoms with Gasteiger partial charge in [0.15, 0.2) is 0 Å². The van der Waals surface area contributed by atoms with Gasteiger partial charge in [0.2, 0.25) is 0 Å². The molecule has 1 rings (SSSR count). The molecular weight excluding hydrogens is 236 g/mol. The van der Waals surface area contributed by atoms with Crippen LogP contribution in [0.5, 0.6) is 5.75 Å². The maximum atomic E-state index is 8.55. The van der Waals surface area contributed by atoms with Crippen LogP contribution < -0.4 is 10.5 Å². The van der Waals surface area contributed by atoms with Crippen LogP contribution in [-0.4, -0.2) is 5.60 Å². The van der Waals surface area contributed by atoms with Gasteiger partial charge in [-0.1, -0.05) is 12.1 Å². The molecule has 0 spiro atoms. The summed E-state index contributed by atoms with van der Waals surface area (Å²) < 4.78 is 5.69. The predicted octanol–water partition coefficient (Wildman–Crippen LogP) is 3.20. The highest BCUT2D eigenvalue weighted by Crippen LogP contribution is 2.21. The molecule has 0 saturated heterocycles. The highest BCUT2D eigenvalue weighted by Gasteiger charge is 2.12. The number of nitrogens with two attached hydrogens (primary N) is 1. The first kappa shape index (κ1) is 15.8. The van der Waals surface area contributed by atoms with E-state index >= 15 is 0 Å². The zero-order chi connectivity index (χ0) is 12.2. The van der Waals surface area contributed by atoms with Crippen LogP contribution in [0, 0.1) is 11.3 Å². The Morgan fingerprint density at radius 1 is 1.29 bits per heavy atom. The van der Waals surface area contributed by atoms with E-state index < -0.39 is 0 Å². The Morgan fingerprint density at radius 2 is 1.82 bits per heavy atom. The molecular formula is C13H19ClN2O. The van der Waals surface area contributed by atoms with Gasteiger partial charge in [-0.2, -0.15) is 5.26 Å². The summed E-state index contributed by atoms with van der Waals surface area (Å²) in [5.74, 6) is 0.820. The van der Waals surface area contributed by atoms with Crippen molar-refractivity contribution in [1.82, 2.24) is 0 Å². The molecule has 94 valence electrons. The largest absolute Gasteiger partial charge is 0.488 e. The van der Waals surface area contributed by atoms with E-state index in [1.807, 2.05) is 45.0 Å². The number of hydrogen-bond acceptors (Lipinski definition) is 3. The lowest BCUT2D eigenvalue weighted by Crippen LogP contribution is -2.22. The van der Waals surface area contributed by atoms with Gasteiger partial charge in [0, 0.05) is 6.04 Å². The van der Waals surface area contributed by atoms with Gasteiger partial charge in [0.05, 0.1) is 12.5 Å². The molecule has 0 aliphatic rings. The number of nitrogens with zero attached hydrogens (tertiary/aromatic N) is 1. The number of ether oxygens (including phenoxy) is 1. The average molecular weight is 255 g/mol. The van der Waals surface area contributed by atoms with E-state index in [1.54, 1.807) is 0 Å². The Kier molecular flexibility index (Phi) is 6.01. The van der Waals surface area contributed by atoms with E-state index in [9.17, 15) is 0 Å². The minimum Gasteiger partial charge on any atom is -0.488 e. The van der Waals surface area contributed by atoms with Crippen LogP contribution in [0.4, 0.5) is 0 Å². The Labute approximate surface area is 109 Å². The van der Waals surface area contributed by atoms with Gasteiger partial charge in [-0.05, 0) is 38.5 Å². The number of hydrogen-bond donors (Lipinski definition) is 1. The van der Waals surface area contributed by atoms with Crippen molar-refractivity contribution < 1.29 is 4.74 Å². The van der Waals surface area contributed by atoms with Crippen molar-refractivity contribution >= 4 is 12.4 Å². The molecule has 0 unspecified atom stereocenters. The summed E-state index contributed by atoms with van der Waals surface area (Å²) >= 11 is 0. The summed E-state index contributed by atoms with van der Waals surface area (Å²) in [6.45, 7) is 6.01. The lowest BCUT2D eigenvalue weighted by atomic mass is 10.1. The van der Waals surface area contributed by atoms with Crippen molar-refractivity contribution in [3.63, 3.8) is 0 Å². The molecule has 1 aromatic carbocycles. The monoisotopic (exact) mass is 254 g/mol. The van der Waals surface area contributed by atoms with E-state index in [1.165, 1.54) is 0 Å². The second-order valence-electron chi connectivity index (χ2n) is 4.75. The van der Waals surface area contributed by atoms with Crippen LogP contribution in [0.25, 0.3) is 0 Å². The number of benzene rings is 1. The molecule has 1 atom stereocenters. The van der Waals surface area contributed by atoms with Gasteiger partial charge >= 0.3 is 0 Å². The molecule has 1 aromatic rings. The second-order valence-corrected chi connectivity index (χ2v) is 4.75. The fraction of sp³-hybridized carbons (Fsp3) is 0.462. The Bertz CT molecular complexity index is 376. The van der Waals surface area contributed by atoms with Gasteiger partial charge in [0.1, 0.15) is 11.4 Å². The summed E-state index contributed by atoms with van der Waals surface area (Å²) in [4.78, 5) is 0. The van der Waals surface area contributed by atoms with Gasteiger partial charge in [0.25, 0.3) is 0 Å². The lowest BCUT2D eigenvalue weighted by Gasteiger charge is -2.21. The Balaban J connectivity index is 0.00000256. The molecule has 0 aliphatic carbocycles. The Hall–Kier alpha value is -1.24. The van der Waals surface area contributed by atoms with Crippen molar-refractivity contribution in [3.8, 4) is 11.8 Å². The molecule has 0 heterocycles. The zero-order valence-electron chi connectivity index (χ0n) is 10.4. The number of halogens is 1. The van der Waals surface area contributed by atoms with Crippen molar-refractivity contribution in [1.29, 1.82) is 5.26 Å². The topological polar surface area (TPSA) is 59.0 Å². The summed E-state index contributed by atoms with van der Waals surface area (Å²) in [5.41, 5.74) is 6.58. The van der Waals surface area contributed by atoms with Crippen LogP contribution >= 0.6 is 12.4 Å². The summed E-state index contributed by atoms with van der Waals surface area (Å²) in [5, 5.41) is 8.55. The maximum Gasteiger partial charge on any atom is 0.120 e. The molecule has 4 heteroatoms. The second kappa shape index (κ2) is 6.48. The molecule has 0 radical (unpaired) electrons.